The van der Waals surface area contributed by atoms with E-state index < -0.39 is 0 Å². The van der Waals surface area contributed by atoms with Crippen molar-refractivity contribution < 1.29 is 4.74 Å². The van der Waals surface area contributed by atoms with Crippen LogP contribution in [0.4, 0.5) is 0 Å². The molecule has 1 fully saturated rings. The Kier molecular flexibility index (Phi) is 5.10. The predicted octanol–water partition coefficient (Wildman–Crippen LogP) is 7.66. The largest absolute Gasteiger partial charge is 0.466 e. The summed E-state index contributed by atoms with van der Waals surface area (Å²) in [6.07, 6.45) is 5.13. The van der Waals surface area contributed by atoms with Gasteiger partial charge in [0.2, 0.25) is 0 Å². The first-order valence-corrected chi connectivity index (χ1v) is 12.8. The van der Waals surface area contributed by atoms with Crippen LogP contribution in [0.15, 0.2) is 76.3 Å². The number of ether oxygens (including phenoxy) is 1. The Bertz CT molecular complexity index is 1230. The van der Waals surface area contributed by atoms with E-state index in [1.807, 2.05) is 0 Å². The third-order valence-electron chi connectivity index (χ3n) is 7.70. The third kappa shape index (κ3) is 3.59. The van der Waals surface area contributed by atoms with Crippen LogP contribution < -0.4 is 4.74 Å². The minimum absolute atomic E-state index is 0.217. The minimum Gasteiger partial charge on any atom is -0.466 e. The van der Waals surface area contributed by atoms with Crippen LogP contribution in [0.5, 0.6) is 5.75 Å². The second-order valence-corrected chi connectivity index (χ2v) is 10.8. The first-order chi connectivity index (χ1) is 16.0. The van der Waals surface area contributed by atoms with E-state index in [1.165, 1.54) is 33.5 Å². The van der Waals surface area contributed by atoms with E-state index in [2.05, 4.69) is 102 Å². The molecule has 33 heavy (non-hydrogen) atoms. The van der Waals surface area contributed by atoms with Crippen molar-refractivity contribution in [1.29, 1.82) is 0 Å². The number of hydrazone groups is 1. The fourth-order valence-electron chi connectivity index (χ4n) is 5.92. The molecule has 6 rings (SSSR count). The molecule has 3 aromatic rings. The van der Waals surface area contributed by atoms with Gasteiger partial charge in [-0.15, -0.1) is 0 Å². The maximum Gasteiger partial charge on any atom is 0.198 e. The van der Waals surface area contributed by atoms with Crippen molar-refractivity contribution in [3.05, 3.63) is 99.0 Å². The minimum atomic E-state index is -0.365. The number of nitrogens with zero attached hydrogens (tertiary/aromatic N) is 2. The van der Waals surface area contributed by atoms with Gasteiger partial charge < -0.3 is 4.74 Å². The van der Waals surface area contributed by atoms with Gasteiger partial charge in [0, 0.05) is 34.9 Å². The van der Waals surface area contributed by atoms with Crippen LogP contribution in [-0.2, 0) is 0 Å². The van der Waals surface area contributed by atoms with Gasteiger partial charge in [0.15, 0.2) is 5.72 Å². The molecule has 1 aliphatic carbocycles. The molecule has 0 bridgehead atoms. The van der Waals surface area contributed by atoms with Gasteiger partial charge in [0.05, 0.1) is 11.8 Å². The Morgan fingerprint density at radius 3 is 2.55 bits per heavy atom. The first-order valence-electron chi connectivity index (χ1n) is 12.0. The average molecular weight is 501 g/mol. The van der Waals surface area contributed by atoms with E-state index in [-0.39, 0.29) is 11.8 Å². The van der Waals surface area contributed by atoms with Crippen LogP contribution in [0, 0.1) is 13.8 Å². The summed E-state index contributed by atoms with van der Waals surface area (Å²) in [5, 5.41) is 7.63. The molecular formula is C29H29BrN2O. The Morgan fingerprint density at radius 1 is 0.970 bits per heavy atom. The van der Waals surface area contributed by atoms with Gasteiger partial charge in [-0.25, -0.2) is 5.01 Å². The van der Waals surface area contributed by atoms with Crippen LogP contribution >= 0.6 is 15.9 Å². The second-order valence-electron chi connectivity index (χ2n) is 9.84. The highest BCUT2D eigenvalue weighted by atomic mass is 79.9. The van der Waals surface area contributed by atoms with Crippen molar-refractivity contribution in [2.75, 3.05) is 0 Å². The van der Waals surface area contributed by atoms with Gasteiger partial charge in [-0.3, -0.25) is 0 Å². The van der Waals surface area contributed by atoms with Crippen LogP contribution in [0.25, 0.3) is 0 Å². The van der Waals surface area contributed by atoms with Crippen LogP contribution in [0.2, 0.25) is 0 Å². The lowest BCUT2D eigenvalue weighted by Crippen LogP contribution is -2.55. The number of hydrogen-bond acceptors (Lipinski definition) is 3. The van der Waals surface area contributed by atoms with E-state index in [0.29, 0.717) is 5.92 Å². The molecule has 1 saturated carbocycles. The zero-order valence-electron chi connectivity index (χ0n) is 19.2. The molecule has 0 N–H and O–H groups in total. The number of fused-ring (bicyclic) bond motifs is 4. The SMILES string of the molecule is Cc1ccc(C)c(C2=NN3[C@@H](C2)c2cc(Br)ccc2OC32CCC(c3ccccc3)CC2)c1. The van der Waals surface area contributed by atoms with Gasteiger partial charge in [-0.1, -0.05) is 64.0 Å². The summed E-state index contributed by atoms with van der Waals surface area (Å²) in [6.45, 7) is 4.35. The molecule has 2 aliphatic heterocycles. The van der Waals surface area contributed by atoms with Crippen molar-refractivity contribution >= 4 is 21.6 Å². The summed E-state index contributed by atoms with van der Waals surface area (Å²) in [7, 11) is 0. The molecule has 2 heterocycles. The van der Waals surface area contributed by atoms with Crippen molar-refractivity contribution in [2.45, 2.75) is 63.6 Å². The van der Waals surface area contributed by atoms with Gasteiger partial charge >= 0.3 is 0 Å². The average Bonchev–Trinajstić information content (AvgIpc) is 3.29. The molecule has 168 valence electrons. The normalized spacial score (nSPS) is 25.9. The summed E-state index contributed by atoms with van der Waals surface area (Å²) >= 11 is 3.68. The van der Waals surface area contributed by atoms with Gasteiger partial charge in [-0.2, -0.15) is 5.10 Å². The molecule has 3 aromatic carbocycles. The second kappa shape index (κ2) is 8.02. The summed E-state index contributed by atoms with van der Waals surface area (Å²) in [5.41, 5.74) is 7.35. The van der Waals surface area contributed by atoms with Gasteiger partial charge in [0.1, 0.15) is 5.75 Å². The monoisotopic (exact) mass is 500 g/mol. The fraction of sp³-hybridized carbons (Fsp3) is 0.345. The van der Waals surface area contributed by atoms with Crippen molar-refractivity contribution in [3.8, 4) is 5.75 Å². The van der Waals surface area contributed by atoms with E-state index >= 15 is 0 Å². The zero-order chi connectivity index (χ0) is 22.6. The highest BCUT2D eigenvalue weighted by Crippen LogP contribution is 2.53. The molecule has 4 heteroatoms. The third-order valence-corrected chi connectivity index (χ3v) is 8.19. The van der Waals surface area contributed by atoms with Gasteiger partial charge in [-0.05, 0) is 68.0 Å². The van der Waals surface area contributed by atoms with E-state index in [1.54, 1.807) is 0 Å². The van der Waals surface area contributed by atoms with Crippen LogP contribution in [0.1, 0.15) is 71.9 Å². The molecule has 0 aromatic heterocycles. The highest BCUT2D eigenvalue weighted by Gasteiger charge is 2.52. The number of halogens is 1. The summed E-state index contributed by atoms with van der Waals surface area (Å²) < 4.78 is 7.94. The molecule has 3 aliphatic rings. The van der Waals surface area contributed by atoms with Crippen molar-refractivity contribution in [3.63, 3.8) is 0 Å². The van der Waals surface area contributed by atoms with E-state index in [9.17, 15) is 0 Å². The number of hydrogen-bond donors (Lipinski definition) is 0. The summed E-state index contributed by atoms with van der Waals surface area (Å²) in [6, 6.07) is 24.3. The number of benzene rings is 3. The lowest BCUT2D eigenvalue weighted by atomic mass is 9.78. The Morgan fingerprint density at radius 2 is 1.76 bits per heavy atom. The highest BCUT2D eigenvalue weighted by molar-refractivity contribution is 9.10. The molecular weight excluding hydrogens is 472 g/mol. The number of aryl methyl sites for hydroxylation is 2. The maximum absolute atomic E-state index is 6.85. The fourth-order valence-corrected chi connectivity index (χ4v) is 6.30. The van der Waals surface area contributed by atoms with Crippen molar-refractivity contribution in [1.82, 2.24) is 5.01 Å². The topological polar surface area (TPSA) is 24.8 Å². The summed E-state index contributed by atoms with van der Waals surface area (Å²) in [4.78, 5) is 0. The van der Waals surface area contributed by atoms with E-state index in [0.717, 1.165) is 42.3 Å². The molecule has 1 atom stereocenters. The lowest BCUT2D eigenvalue weighted by Gasteiger charge is -2.50. The first kappa shape index (κ1) is 21.0. The molecule has 0 radical (unpaired) electrons. The van der Waals surface area contributed by atoms with E-state index in [4.69, 9.17) is 9.84 Å². The molecule has 0 amide bonds. The zero-order valence-corrected chi connectivity index (χ0v) is 20.8. The Labute approximate surface area is 204 Å². The van der Waals surface area contributed by atoms with Gasteiger partial charge in [0.25, 0.3) is 0 Å². The molecule has 3 nitrogen and oxygen atoms in total. The smallest absolute Gasteiger partial charge is 0.198 e. The van der Waals surface area contributed by atoms with Crippen LogP contribution in [0.3, 0.4) is 0 Å². The number of rotatable bonds is 2. The lowest BCUT2D eigenvalue weighted by molar-refractivity contribution is -0.142. The Hall–Kier alpha value is -2.59. The Balaban J connectivity index is 1.38. The molecule has 1 spiro atoms. The molecule has 0 saturated heterocycles. The standard InChI is InChI=1S/C29H29BrN2O/c1-19-8-9-20(2)24(16-19)26-18-27-25-17-23(30)10-11-28(25)33-29(32(27)31-26)14-12-22(13-15-29)21-6-4-3-5-7-21/h3-11,16-17,22,27H,12-15,18H2,1-2H3/t22?,27-,29?/m0/s1. The quantitative estimate of drug-likeness (QED) is 0.360. The molecule has 0 unspecified atom stereocenters. The maximum atomic E-state index is 6.85. The predicted molar refractivity (Wildman–Crippen MR) is 137 cm³/mol. The van der Waals surface area contributed by atoms with Crippen molar-refractivity contribution in [2.24, 2.45) is 5.10 Å². The van der Waals surface area contributed by atoms with Crippen LogP contribution in [-0.4, -0.2) is 16.4 Å². The summed E-state index contributed by atoms with van der Waals surface area (Å²) in [5.74, 6) is 1.62.